The average Bonchev–Trinajstić information content (AvgIpc) is 2.18. The molecular formula is C13H28N2. The van der Waals surface area contributed by atoms with Gasteiger partial charge in [-0.3, -0.25) is 0 Å². The van der Waals surface area contributed by atoms with Crippen LogP contribution in [0, 0.1) is 11.3 Å². The summed E-state index contributed by atoms with van der Waals surface area (Å²) in [4.78, 5) is 2.60. The molecule has 15 heavy (non-hydrogen) atoms. The molecule has 0 bridgehead atoms. The molecule has 1 aliphatic rings. The van der Waals surface area contributed by atoms with Gasteiger partial charge in [0.2, 0.25) is 0 Å². The van der Waals surface area contributed by atoms with Gasteiger partial charge in [-0.1, -0.05) is 27.7 Å². The van der Waals surface area contributed by atoms with Crippen LogP contribution in [0.5, 0.6) is 0 Å². The first-order valence-corrected chi connectivity index (χ1v) is 6.47. The van der Waals surface area contributed by atoms with Gasteiger partial charge in [0.1, 0.15) is 0 Å². The van der Waals surface area contributed by atoms with Gasteiger partial charge in [0.15, 0.2) is 0 Å². The zero-order valence-corrected chi connectivity index (χ0v) is 11.0. The SMILES string of the molecule is CCNCCN1CCC(C(C)(C)C)CC1. The standard InChI is InChI=1S/C13H28N2/c1-5-14-8-11-15-9-6-12(7-10-15)13(2,3)4/h12,14H,5-11H2,1-4H3. The molecular weight excluding hydrogens is 184 g/mol. The van der Waals surface area contributed by atoms with Crippen molar-refractivity contribution in [3.8, 4) is 0 Å². The van der Waals surface area contributed by atoms with Crippen LogP contribution < -0.4 is 5.32 Å². The number of nitrogens with one attached hydrogen (secondary N) is 1. The molecule has 0 aromatic carbocycles. The Morgan fingerprint density at radius 1 is 1.20 bits per heavy atom. The first kappa shape index (κ1) is 13.0. The van der Waals surface area contributed by atoms with Gasteiger partial charge < -0.3 is 10.2 Å². The smallest absolute Gasteiger partial charge is 0.0107 e. The molecule has 0 aliphatic carbocycles. The van der Waals surface area contributed by atoms with Crippen molar-refractivity contribution in [1.82, 2.24) is 10.2 Å². The van der Waals surface area contributed by atoms with Crippen LogP contribution in [0.3, 0.4) is 0 Å². The van der Waals surface area contributed by atoms with E-state index in [0.29, 0.717) is 5.41 Å². The van der Waals surface area contributed by atoms with Crippen molar-refractivity contribution >= 4 is 0 Å². The second-order valence-electron chi connectivity index (χ2n) is 5.84. The van der Waals surface area contributed by atoms with E-state index in [-0.39, 0.29) is 0 Å². The van der Waals surface area contributed by atoms with Gasteiger partial charge >= 0.3 is 0 Å². The molecule has 0 saturated carbocycles. The molecule has 0 unspecified atom stereocenters. The van der Waals surface area contributed by atoms with E-state index >= 15 is 0 Å². The van der Waals surface area contributed by atoms with Crippen LogP contribution in [0.15, 0.2) is 0 Å². The van der Waals surface area contributed by atoms with Gasteiger partial charge in [0, 0.05) is 13.1 Å². The number of likely N-dealkylation sites (N-methyl/N-ethyl adjacent to an activating group) is 1. The molecule has 90 valence electrons. The zero-order valence-electron chi connectivity index (χ0n) is 11.0. The van der Waals surface area contributed by atoms with E-state index in [9.17, 15) is 0 Å². The van der Waals surface area contributed by atoms with E-state index in [2.05, 4.69) is 37.9 Å². The van der Waals surface area contributed by atoms with Gasteiger partial charge in [-0.25, -0.2) is 0 Å². The summed E-state index contributed by atoms with van der Waals surface area (Å²) in [6, 6.07) is 0. The highest BCUT2D eigenvalue weighted by molar-refractivity contribution is 4.80. The summed E-state index contributed by atoms with van der Waals surface area (Å²) >= 11 is 0. The Labute approximate surface area is 95.4 Å². The minimum atomic E-state index is 0.508. The highest BCUT2D eigenvalue weighted by Crippen LogP contribution is 2.33. The average molecular weight is 212 g/mol. The quantitative estimate of drug-likeness (QED) is 0.720. The van der Waals surface area contributed by atoms with Gasteiger partial charge in [-0.2, -0.15) is 0 Å². The number of hydrogen-bond acceptors (Lipinski definition) is 2. The van der Waals surface area contributed by atoms with Crippen molar-refractivity contribution in [2.45, 2.75) is 40.5 Å². The second-order valence-corrected chi connectivity index (χ2v) is 5.84. The molecule has 1 saturated heterocycles. The third kappa shape index (κ3) is 4.52. The Morgan fingerprint density at radius 2 is 1.80 bits per heavy atom. The molecule has 2 heteroatoms. The lowest BCUT2D eigenvalue weighted by molar-refractivity contribution is 0.113. The van der Waals surface area contributed by atoms with Crippen LogP contribution in [0.2, 0.25) is 0 Å². The van der Waals surface area contributed by atoms with Crippen molar-refractivity contribution in [3.05, 3.63) is 0 Å². The molecule has 0 amide bonds. The van der Waals surface area contributed by atoms with Crippen molar-refractivity contribution in [1.29, 1.82) is 0 Å². The Kier molecular flexibility index (Phi) is 5.07. The molecule has 0 atom stereocenters. The summed E-state index contributed by atoms with van der Waals surface area (Å²) in [6.45, 7) is 15.4. The topological polar surface area (TPSA) is 15.3 Å². The third-order valence-corrected chi connectivity index (χ3v) is 3.67. The first-order chi connectivity index (χ1) is 7.04. The summed E-state index contributed by atoms with van der Waals surface area (Å²) in [5.74, 6) is 0.924. The zero-order chi connectivity index (χ0) is 11.3. The molecule has 0 radical (unpaired) electrons. The maximum absolute atomic E-state index is 3.40. The highest BCUT2D eigenvalue weighted by Gasteiger charge is 2.28. The molecule has 1 N–H and O–H groups in total. The van der Waals surface area contributed by atoms with Crippen molar-refractivity contribution in [2.24, 2.45) is 11.3 Å². The van der Waals surface area contributed by atoms with Crippen molar-refractivity contribution in [2.75, 3.05) is 32.7 Å². The van der Waals surface area contributed by atoms with E-state index in [1.807, 2.05) is 0 Å². The fourth-order valence-corrected chi connectivity index (χ4v) is 2.44. The van der Waals surface area contributed by atoms with Crippen LogP contribution in [0.25, 0.3) is 0 Å². The molecule has 1 fully saturated rings. The van der Waals surface area contributed by atoms with Crippen LogP contribution >= 0.6 is 0 Å². The Balaban J connectivity index is 2.18. The third-order valence-electron chi connectivity index (χ3n) is 3.67. The van der Waals surface area contributed by atoms with E-state index in [1.54, 1.807) is 0 Å². The van der Waals surface area contributed by atoms with E-state index in [0.717, 1.165) is 19.0 Å². The Morgan fingerprint density at radius 3 is 2.27 bits per heavy atom. The van der Waals surface area contributed by atoms with E-state index in [1.165, 1.54) is 32.5 Å². The summed E-state index contributed by atoms with van der Waals surface area (Å²) in [6.07, 6.45) is 2.77. The van der Waals surface area contributed by atoms with E-state index in [4.69, 9.17) is 0 Å². The predicted molar refractivity (Wildman–Crippen MR) is 67.2 cm³/mol. The largest absolute Gasteiger partial charge is 0.316 e. The lowest BCUT2D eigenvalue weighted by Gasteiger charge is -2.38. The molecule has 1 heterocycles. The van der Waals surface area contributed by atoms with Crippen LogP contribution in [0.4, 0.5) is 0 Å². The lowest BCUT2D eigenvalue weighted by Crippen LogP contribution is -2.40. The van der Waals surface area contributed by atoms with Crippen molar-refractivity contribution < 1.29 is 0 Å². The minimum Gasteiger partial charge on any atom is -0.316 e. The van der Waals surface area contributed by atoms with E-state index < -0.39 is 0 Å². The van der Waals surface area contributed by atoms with Crippen molar-refractivity contribution in [3.63, 3.8) is 0 Å². The van der Waals surface area contributed by atoms with Gasteiger partial charge in [-0.15, -0.1) is 0 Å². The summed E-state index contributed by atoms with van der Waals surface area (Å²) in [5.41, 5.74) is 0.508. The minimum absolute atomic E-state index is 0.508. The molecule has 0 aromatic heterocycles. The number of piperidine rings is 1. The van der Waals surface area contributed by atoms with Gasteiger partial charge in [0.25, 0.3) is 0 Å². The fourth-order valence-electron chi connectivity index (χ4n) is 2.44. The molecule has 0 aromatic rings. The molecule has 2 nitrogen and oxygen atoms in total. The molecule has 1 rings (SSSR count). The maximum atomic E-state index is 3.40. The number of nitrogens with zero attached hydrogens (tertiary/aromatic N) is 1. The lowest BCUT2D eigenvalue weighted by atomic mass is 9.75. The Bertz CT molecular complexity index is 164. The molecule has 1 aliphatic heterocycles. The summed E-state index contributed by atoms with van der Waals surface area (Å²) < 4.78 is 0. The van der Waals surface area contributed by atoms with Crippen LogP contribution in [-0.4, -0.2) is 37.6 Å². The fraction of sp³-hybridized carbons (Fsp3) is 1.00. The maximum Gasteiger partial charge on any atom is 0.0107 e. The number of hydrogen-bond donors (Lipinski definition) is 1. The normalized spacial score (nSPS) is 20.8. The monoisotopic (exact) mass is 212 g/mol. The summed E-state index contributed by atoms with van der Waals surface area (Å²) in [5, 5.41) is 3.40. The molecule has 0 spiro atoms. The van der Waals surface area contributed by atoms with Gasteiger partial charge in [-0.05, 0) is 43.8 Å². The number of rotatable bonds is 4. The predicted octanol–water partition coefficient (Wildman–Crippen LogP) is 2.35. The van der Waals surface area contributed by atoms with Crippen LogP contribution in [0.1, 0.15) is 40.5 Å². The second kappa shape index (κ2) is 5.86. The first-order valence-electron chi connectivity index (χ1n) is 6.47. The van der Waals surface area contributed by atoms with Gasteiger partial charge in [0.05, 0.1) is 0 Å². The Hall–Kier alpha value is -0.0800. The number of likely N-dealkylation sites (tertiary alicyclic amines) is 1. The van der Waals surface area contributed by atoms with Crippen LogP contribution in [-0.2, 0) is 0 Å². The summed E-state index contributed by atoms with van der Waals surface area (Å²) in [7, 11) is 0. The highest BCUT2D eigenvalue weighted by atomic mass is 15.1.